The Morgan fingerprint density at radius 2 is 1.91 bits per heavy atom. The number of rotatable bonds is 12. The van der Waals surface area contributed by atoms with Crippen molar-refractivity contribution in [3.05, 3.63) is 47.0 Å². The molecule has 0 spiro atoms. The highest BCUT2D eigenvalue weighted by atomic mass is 79.9. The summed E-state index contributed by atoms with van der Waals surface area (Å²) in [5.74, 6) is 2.29. The van der Waals surface area contributed by atoms with Gasteiger partial charge in [-0.05, 0) is 49.4 Å². The van der Waals surface area contributed by atoms with Crippen molar-refractivity contribution in [1.82, 2.24) is 29.5 Å². The Labute approximate surface area is 264 Å². The summed E-state index contributed by atoms with van der Waals surface area (Å²) >= 11 is 6.22. The van der Waals surface area contributed by atoms with Gasteiger partial charge in [-0.15, -0.1) is 0 Å². The molecule has 13 nitrogen and oxygen atoms in total. The molecule has 228 valence electrons. The predicted molar refractivity (Wildman–Crippen MR) is 170 cm³/mol. The molecule has 1 aliphatic heterocycles. The van der Waals surface area contributed by atoms with Crippen LogP contribution in [0.25, 0.3) is 16.7 Å². The third kappa shape index (κ3) is 7.44. The highest BCUT2D eigenvalue weighted by Crippen LogP contribution is 2.28. The fourth-order valence-electron chi connectivity index (χ4n) is 5.06. The van der Waals surface area contributed by atoms with Gasteiger partial charge in [0.1, 0.15) is 29.9 Å². The number of hydrogen-bond donors (Lipinski definition) is 2. The second kappa shape index (κ2) is 14.2. The Balaban J connectivity index is 1.31. The van der Waals surface area contributed by atoms with Crippen LogP contribution in [0.15, 0.2) is 41.5 Å². The van der Waals surface area contributed by atoms with E-state index in [-0.39, 0.29) is 47.0 Å². The number of nitrogens with one attached hydrogen (secondary N) is 2. The molecule has 1 fully saturated rings. The lowest BCUT2D eigenvalue weighted by Crippen LogP contribution is -2.34. The number of amides is 1. The maximum absolute atomic E-state index is 12.8. The zero-order valence-corrected chi connectivity index (χ0v) is 26.8. The van der Waals surface area contributed by atoms with Crippen molar-refractivity contribution in [2.45, 2.75) is 19.3 Å². The summed E-state index contributed by atoms with van der Waals surface area (Å²) in [6, 6.07) is 9.38. The Bertz CT molecular complexity index is 1670. The van der Waals surface area contributed by atoms with Crippen LogP contribution in [0.2, 0.25) is 0 Å². The van der Waals surface area contributed by atoms with Crippen LogP contribution < -0.4 is 25.8 Å². The van der Waals surface area contributed by atoms with Crippen molar-refractivity contribution < 1.29 is 19.1 Å². The van der Waals surface area contributed by atoms with Gasteiger partial charge in [0.15, 0.2) is 5.75 Å². The van der Waals surface area contributed by atoms with Gasteiger partial charge >= 0.3 is 5.97 Å². The van der Waals surface area contributed by atoms with Crippen LogP contribution in [0.4, 0.5) is 17.3 Å². The maximum atomic E-state index is 12.8. The van der Waals surface area contributed by atoms with Gasteiger partial charge in [0.25, 0.3) is 11.3 Å². The number of halogens is 2. The quantitative estimate of drug-likeness (QED) is 0.127. The number of fused-ring (bicyclic) bond motifs is 2. The number of carbonyl (C=O) groups is 2. The molecule has 0 bridgehead atoms. The van der Waals surface area contributed by atoms with E-state index in [4.69, 9.17) is 14.5 Å². The number of carbonyl (C=O) groups excluding carboxylic acids is 2. The normalized spacial score (nSPS) is 13.8. The number of pyridine rings is 1. The number of alkyl halides is 2. The van der Waals surface area contributed by atoms with Gasteiger partial charge in [0.05, 0.1) is 24.0 Å². The Kier molecular flexibility index (Phi) is 10.1. The Hall–Kier alpha value is -3.72. The van der Waals surface area contributed by atoms with Crippen molar-refractivity contribution in [3.63, 3.8) is 0 Å². The molecule has 3 aromatic heterocycles. The monoisotopic (exact) mass is 718 g/mol. The maximum Gasteiger partial charge on any atom is 0.316 e. The number of aryl methyl sites for hydroxylation is 1. The van der Waals surface area contributed by atoms with E-state index in [1.165, 1.54) is 6.33 Å². The van der Waals surface area contributed by atoms with Gasteiger partial charge in [-0.25, -0.2) is 0 Å². The summed E-state index contributed by atoms with van der Waals surface area (Å²) in [4.78, 5) is 47.0. The lowest BCUT2D eigenvalue weighted by atomic mass is 9.94. The minimum Gasteiger partial charge on any atom is -0.486 e. The number of anilines is 3. The minimum atomic E-state index is -0.258. The molecule has 43 heavy (non-hydrogen) atoms. The Morgan fingerprint density at radius 3 is 2.67 bits per heavy atom. The van der Waals surface area contributed by atoms with Crippen LogP contribution in [0.5, 0.6) is 5.75 Å². The van der Waals surface area contributed by atoms with E-state index < -0.39 is 0 Å². The van der Waals surface area contributed by atoms with Crippen molar-refractivity contribution >= 4 is 77.7 Å². The second-order valence-electron chi connectivity index (χ2n) is 10.1. The van der Waals surface area contributed by atoms with E-state index in [0.717, 1.165) is 54.8 Å². The van der Waals surface area contributed by atoms with E-state index >= 15 is 0 Å². The van der Waals surface area contributed by atoms with Crippen LogP contribution in [0.1, 0.15) is 19.3 Å². The second-order valence-corrected chi connectivity index (χ2v) is 11.3. The van der Waals surface area contributed by atoms with E-state index in [0.29, 0.717) is 24.1 Å². The van der Waals surface area contributed by atoms with Gasteiger partial charge in [-0.2, -0.15) is 19.6 Å². The summed E-state index contributed by atoms with van der Waals surface area (Å²) in [6.07, 6.45) is 4.28. The topological polar surface area (TPSA) is 145 Å². The van der Waals surface area contributed by atoms with Gasteiger partial charge in [-0.3, -0.25) is 14.4 Å². The zero-order valence-electron chi connectivity index (χ0n) is 23.6. The van der Waals surface area contributed by atoms with Crippen LogP contribution in [-0.4, -0.2) is 79.5 Å². The van der Waals surface area contributed by atoms with Crippen LogP contribution in [0, 0.1) is 5.92 Å². The fraction of sp³-hybridized carbons (Fsp3) is 0.429. The first-order valence-electron chi connectivity index (χ1n) is 13.9. The minimum absolute atomic E-state index is 0.152. The highest BCUT2D eigenvalue weighted by Gasteiger charge is 2.22. The molecule has 0 radical (unpaired) electrons. The van der Waals surface area contributed by atoms with Crippen LogP contribution in [-0.2, 0) is 21.4 Å². The lowest BCUT2D eigenvalue weighted by molar-refractivity contribution is -0.140. The molecule has 0 aliphatic carbocycles. The van der Waals surface area contributed by atoms with Gasteiger partial charge in [-0.1, -0.05) is 31.9 Å². The molecular weight excluding hydrogens is 688 g/mol. The standard InChI is InChI=1S/C28H32Br2N8O5/c1-36-21-3-2-20(12-19(21)13-22(27(36)41)42-11-7-31-25(39)15-29)34-24-14-23(35-28-32-17-33-38(24)28)37-8-4-18(5-9-37)6-10-43-26(40)16-30/h2-3,12-14,17-18,34H,4-11,15-16H2,1H3,(H,31,39). The smallest absolute Gasteiger partial charge is 0.316 e. The van der Waals surface area contributed by atoms with Crippen LogP contribution in [0.3, 0.4) is 0 Å². The number of piperidine rings is 1. The van der Waals surface area contributed by atoms with Gasteiger partial charge in [0, 0.05) is 37.3 Å². The van der Waals surface area contributed by atoms with Gasteiger partial charge < -0.3 is 29.6 Å². The molecule has 0 unspecified atom stereocenters. The predicted octanol–water partition coefficient (Wildman–Crippen LogP) is 3.15. The average molecular weight is 720 g/mol. The van der Waals surface area contributed by atoms with E-state index in [9.17, 15) is 14.4 Å². The molecule has 4 heterocycles. The van der Waals surface area contributed by atoms with Crippen molar-refractivity contribution in [1.29, 1.82) is 0 Å². The molecule has 1 aromatic carbocycles. The molecule has 2 N–H and O–H groups in total. The van der Waals surface area contributed by atoms with E-state index in [1.807, 2.05) is 24.3 Å². The molecule has 1 saturated heterocycles. The molecule has 15 heteroatoms. The molecule has 1 amide bonds. The van der Waals surface area contributed by atoms with Crippen molar-refractivity contribution in [2.75, 3.05) is 53.7 Å². The summed E-state index contributed by atoms with van der Waals surface area (Å²) in [7, 11) is 1.70. The van der Waals surface area contributed by atoms with E-state index in [2.05, 4.69) is 57.5 Å². The SMILES string of the molecule is Cn1c(=O)c(OCCNC(=O)CBr)cc2cc(Nc3cc(N4CCC(CCOC(=O)CBr)CC4)nc4ncnn34)ccc21. The highest BCUT2D eigenvalue weighted by molar-refractivity contribution is 9.09. The number of aromatic nitrogens is 5. The first-order valence-corrected chi connectivity index (χ1v) is 16.1. The first-order chi connectivity index (χ1) is 20.9. The number of benzene rings is 1. The summed E-state index contributed by atoms with van der Waals surface area (Å²) in [6.45, 7) is 2.57. The fourth-order valence-corrected chi connectivity index (χ4v) is 5.42. The molecule has 0 saturated carbocycles. The largest absolute Gasteiger partial charge is 0.486 e. The lowest BCUT2D eigenvalue weighted by Gasteiger charge is -2.33. The third-order valence-electron chi connectivity index (χ3n) is 7.34. The van der Waals surface area contributed by atoms with Gasteiger partial charge in [0.2, 0.25) is 5.91 Å². The van der Waals surface area contributed by atoms with E-state index in [1.54, 1.807) is 22.2 Å². The number of ether oxygens (including phenoxy) is 2. The molecule has 1 aliphatic rings. The molecule has 4 aromatic rings. The number of esters is 1. The Morgan fingerprint density at radius 1 is 1.09 bits per heavy atom. The first kappa shape index (κ1) is 30.7. The average Bonchev–Trinajstić information content (AvgIpc) is 3.51. The molecular formula is C28H32Br2N8O5. The van der Waals surface area contributed by atoms with Crippen LogP contribution >= 0.6 is 31.9 Å². The third-order valence-corrected chi connectivity index (χ3v) is 8.31. The summed E-state index contributed by atoms with van der Waals surface area (Å²) in [5, 5.41) is 11.7. The zero-order chi connectivity index (χ0) is 30.3. The summed E-state index contributed by atoms with van der Waals surface area (Å²) in [5.41, 5.74) is 1.28. The van der Waals surface area contributed by atoms with Crippen molar-refractivity contribution in [2.24, 2.45) is 13.0 Å². The summed E-state index contributed by atoms with van der Waals surface area (Å²) < 4.78 is 14.1. The molecule has 0 atom stereocenters. The van der Waals surface area contributed by atoms with Crippen molar-refractivity contribution in [3.8, 4) is 5.75 Å². The number of nitrogens with zero attached hydrogens (tertiary/aromatic N) is 6. The number of hydrogen-bond acceptors (Lipinski definition) is 10. The molecule has 5 rings (SSSR count).